The number of hydrogen-bond acceptors (Lipinski definition) is 17. The molecule has 0 bridgehead atoms. The van der Waals surface area contributed by atoms with E-state index in [0.29, 0.717) is 53.6 Å². The van der Waals surface area contributed by atoms with E-state index in [1.807, 2.05) is 55.1 Å². The van der Waals surface area contributed by atoms with Gasteiger partial charge < -0.3 is 41.0 Å². The highest BCUT2D eigenvalue weighted by molar-refractivity contribution is 7.89. The highest BCUT2D eigenvalue weighted by atomic mass is 32.2. The Hall–Kier alpha value is -7.44. The van der Waals surface area contributed by atoms with Crippen molar-refractivity contribution < 1.29 is 21.6 Å². The number of nitrogens with zero attached hydrogens (tertiary/aromatic N) is 9. The van der Waals surface area contributed by atoms with E-state index in [4.69, 9.17) is 0 Å². The molecule has 0 unspecified atom stereocenters. The van der Waals surface area contributed by atoms with Crippen LogP contribution in [0.4, 0.5) is 52.0 Å². The number of aryl methyl sites for hydroxylation is 2. The third kappa shape index (κ3) is 13.1. The molecule has 7 N–H and O–H groups in total. The number of hydrazone groups is 1. The summed E-state index contributed by atoms with van der Waals surface area (Å²) in [6.07, 6.45) is 3.33. The molecule has 2 aromatic heterocycles. The molecule has 0 radical (unpaired) electrons. The fraction of sp³-hybridized carbons (Fsp3) is 0.306. The van der Waals surface area contributed by atoms with Gasteiger partial charge in [-0.15, -0.1) is 10.2 Å². The number of rotatable bonds is 17. The maximum absolute atomic E-state index is 13.8. The van der Waals surface area contributed by atoms with Crippen molar-refractivity contribution >= 4 is 83.8 Å². The summed E-state index contributed by atoms with van der Waals surface area (Å²) >= 11 is 0. The van der Waals surface area contributed by atoms with Crippen LogP contribution in [-0.2, 0) is 24.8 Å². The van der Waals surface area contributed by atoms with Crippen LogP contribution in [0.2, 0.25) is 0 Å². The van der Waals surface area contributed by atoms with Gasteiger partial charge in [-0.3, -0.25) is 10.2 Å². The molecular formula is C49H59N16O5S2-. The number of benzene rings is 4. The fourth-order valence-corrected chi connectivity index (χ4v) is 10.7. The molecule has 1 fully saturated rings. The Balaban J connectivity index is 0.833. The van der Waals surface area contributed by atoms with Crippen LogP contribution in [0.1, 0.15) is 58.2 Å². The second kappa shape index (κ2) is 20.7. The molecule has 4 heterocycles. The van der Waals surface area contributed by atoms with E-state index in [1.54, 1.807) is 108 Å². The van der Waals surface area contributed by atoms with Gasteiger partial charge in [-0.1, -0.05) is 36.4 Å². The Bertz CT molecular complexity index is 3200. The van der Waals surface area contributed by atoms with Gasteiger partial charge >= 0.3 is 0 Å². The van der Waals surface area contributed by atoms with Crippen LogP contribution in [0.5, 0.6) is 0 Å². The number of hydrazine groups is 2. The van der Waals surface area contributed by atoms with E-state index in [9.17, 15) is 21.6 Å². The summed E-state index contributed by atoms with van der Waals surface area (Å²) in [6.45, 7) is 17.3. The third-order valence-electron chi connectivity index (χ3n) is 11.3. The smallest absolute Gasteiger partial charge is 0.241 e. The fourth-order valence-electron chi connectivity index (χ4n) is 7.78. The first kappa shape index (κ1) is 50.9. The summed E-state index contributed by atoms with van der Waals surface area (Å²) in [5.74, 6) is 2.15. The Morgan fingerprint density at radius 1 is 0.694 bits per heavy atom. The van der Waals surface area contributed by atoms with Crippen LogP contribution >= 0.6 is 0 Å². The minimum atomic E-state index is -4.01. The van der Waals surface area contributed by atoms with E-state index in [1.165, 1.54) is 12.1 Å². The number of amidine groups is 1. The van der Waals surface area contributed by atoms with E-state index in [0.717, 1.165) is 41.2 Å². The number of aromatic nitrogens is 4. The number of anilines is 7. The number of piperazine rings is 1. The Morgan fingerprint density at radius 2 is 1.28 bits per heavy atom. The zero-order valence-corrected chi connectivity index (χ0v) is 42.9. The lowest BCUT2D eigenvalue weighted by molar-refractivity contribution is -0.129. The van der Waals surface area contributed by atoms with Crippen LogP contribution in [0.15, 0.2) is 124 Å². The van der Waals surface area contributed by atoms with Gasteiger partial charge in [-0.2, -0.15) is 4.98 Å². The molecule has 1 amide bonds. The molecule has 21 nitrogen and oxygen atoms in total. The molecule has 0 spiro atoms. The van der Waals surface area contributed by atoms with E-state index >= 15 is 0 Å². The summed E-state index contributed by atoms with van der Waals surface area (Å²) in [6, 6.07) is 28.2. The summed E-state index contributed by atoms with van der Waals surface area (Å²) in [4.78, 5) is 34.1. The minimum absolute atomic E-state index is 0.0639. The molecule has 6 aromatic rings. The van der Waals surface area contributed by atoms with Crippen LogP contribution < -0.4 is 41.3 Å². The summed E-state index contributed by atoms with van der Waals surface area (Å²) in [7, 11) is -7.75. The average molecular weight is 1020 g/mol. The van der Waals surface area contributed by atoms with E-state index in [-0.39, 0.29) is 28.2 Å². The molecule has 23 heteroatoms. The highest BCUT2D eigenvalue weighted by Crippen LogP contribution is 2.31. The van der Waals surface area contributed by atoms with Gasteiger partial charge in [0.2, 0.25) is 31.9 Å². The van der Waals surface area contributed by atoms with Gasteiger partial charge in [0, 0.05) is 90.2 Å². The van der Waals surface area contributed by atoms with Crippen LogP contribution in [0.3, 0.4) is 0 Å². The van der Waals surface area contributed by atoms with Crippen molar-refractivity contribution in [3.05, 3.63) is 131 Å². The Morgan fingerprint density at radius 3 is 1.88 bits per heavy atom. The summed E-state index contributed by atoms with van der Waals surface area (Å²) in [5, 5.41) is 20.3. The van der Waals surface area contributed by atoms with Gasteiger partial charge in [-0.25, -0.2) is 36.8 Å². The van der Waals surface area contributed by atoms with Crippen LogP contribution in [0.25, 0.3) is 5.32 Å². The van der Waals surface area contributed by atoms with Gasteiger partial charge in [-0.05, 0) is 127 Å². The van der Waals surface area contributed by atoms with Gasteiger partial charge in [0.05, 0.1) is 22.2 Å². The molecule has 0 atom stereocenters. The average Bonchev–Trinajstić information content (AvgIpc) is 3.78. The number of amides is 1. The highest BCUT2D eigenvalue weighted by Gasteiger charge is 2.31. The quantitative estimate of drug-likeness (QED) is 0.0488. The normalized spacial score (nSPS) is 14.5. The van der Waals surface area contributed by atoms with Crippen LogP contribution in [-0.4, -0.2) is 102 Å². The first-order valence-electron chi connectivity index (χ1n) is 23.1. The topological polar surface area (TPSA) is 257 Å². The second-order valence-electron chi connectivity index (χ2n) is 19.2. The first-order chi connectivity index (χ1) is 34.1. The molecule has 1 saturated heterocycles. The van der Waals surface area contributed by atoms with Crippen molar-refractivity contribution in [2.45, 2.75) is 76.3 Å². The molecule has 2 aliphatic rings. The lowest BCUT2D eigenvalue weighted by atomic mass is 10.1. The van der Waals surface area contributed by atoms with Crippen molar-refractivity contribution in [3.63, 3.8) is 0 Å². The molecule has 0 aliphatic carbocycles. The SMILES string of the molecule is CC(=O)N1CCN(c2ccc(Nc3ncc(C)c(Nc4cccc(S(=O)(=O)NC(C)(C)CN5NN=C(c6ccc([N-]c7ncc(C)c(Nc8cccc(S(=O)(=O)NC(C)(C)C)c8)n7)cc6)N5)c4)n3)cc2)CC1. The number of carbonyl (C=O) groups is 1. The van der Waals surface area contributed by atoms with Gasteiger partial charge in [0.15, 0.2) is 5.84 Å². The monoisotopic (exact) mass is 1020 g/mol. The molecule has 8 rings (SSSR count). The minimum Gasteiger partial charge on any atom is -0.368 e. The lowest BCUT2D eigenvalue weighted by Crippen LogP contribution is -2.56. The maximum Gasteiger partial charge on any atom is 0.241 e. The Kier molecular flexibility index (Phi) is 14.7. The van der Waals surface area contributed by atoms with Crippen molar-refractivity contribution in [2.75, 3.05) is 53.6 Å². The van der Waals surface area contributed by atoms with Gasteiger partial charge in [0.1, 0.15) is 5.82 Å². The number of sulfonamides is 2. The first-order valence-corrected chi connectivity index (χ1v) is 26.1. The molecule has 72 heavy (non-hydrogen) atoms. The predicted octanol–water partition coefficient (Wildman–Crippen LogP) is 6.94. The third-order valence-corrected chi connectivity index (χ3v) is 14.7. The number of hydrogen-bond donors (Lipinski definition) is 7. The molecule has 4 aromatic carbocycles. The molecule has 0 saturated carbocycles. The van der Waals surface area contributed by atoms with Crippen molar-refractivity contribution in [1.82, 2.24) is 50.4 Å². The van der Waals surface area contributed by atoms with Crippen molar-refractivity contribution in [3.8, 4) is 0 Å². The number of carbonyl (C=O) groups excluding carboxylic acids is 1. The lowest BCUT2D eigenvalue weighted by Gasteiger charge is -2.35. The standard InChI is InChI=1S/C49H59N16O5S2/c1-32-29-50-46(56-43(32)52-38-11-9-13-41(27-38)71(67,68)60-48(4,5)6)54-36-17-15-35(16-18-36)45-58-62-65(59-45)31-49(7,8)61-72(69,70)42-14-10-12-39(28-42)53-44-33(2)30-51-47(57-44)55-37-19-21-40(22-20-37)64-25-23-63(24-26-64)34(3)66/h9-22,27-30,60-62H,23-26,31H2,1-8H3,(H4-,50,51,52,53,54,55,56,57,58,59)/q-1. The molecule has 378 valence electrons. The second-order valence-corrected chi connectivity index (χ2v) is 22.5. The zero-order chi connectivity index (χ0) is 51.4. The maximum atomic E-state index is 13.8. The van der Waals surface area contributed by atoms with Crippen molar-refractivity contribution in [2.24, 2.45) is 5.10 Å². The van der Waals surface area contributed by atoms with Gasteiger partial charge in [0.25, 0.3) is 0 Å². The molecular weight excluding hydrogens is 957 g/mol. The van der Waals surface area contributed by atoms with Crippen molar-refractivity contribution in [1.29, 1.82) is 0 Å². The molecule has 2 aliphatic heterocycles. The zero-order valence-electron chi connectivity index (χ0n) is 41.3. The van der Waals surface area contributed by atoms with E-state index in [2.05, 4.69) is 71.6 Å². The largest absolute Gasteiger partial charge is 0.368 e. The Labute approximate surface area is 420 Å². The predicted molar refractivity (Wildman–Crippen MR) is 280 cm³/mol. The summed E-state index contributed by atoms with van der Waals surface area (Å²) < 4.78 is 59.1. The van der Waals surface area contributed by atoms with Crippen LogP contribution in [0, 0.1) is 13.8 Å². The summed E-state index contributed by atoms with van der Waals surface area (Å²) in [5.41, 5.74) is 10.2. The number of nitrogens with one attached hydrogen (secondary N) is 7. The van der Waals surface area contributed by atoms with E-state index < -0.39 is 31.1 Å².